The predicted octanol–water partition coefficient (Wildman–Crippen LogP) is 1.99. The molecule has 3 rings (SSSR count). The van der Waals surface area contributed by atoms with E-state index in [9.17, 15) is 18.4 Å². The molecule has 2 atom stereocenters. The Kier molecular flexibility index (Phi) is 2.76. The van der Waals surface area contributed by atoms with Crippen molar-refractivity contribution in [1.29, 1.82) is 5.26 Å². The largest absolute Gasteiger partial charge is 0.477 e. The minimum atomic E-state index is -1.48. The lowest BCUT2D eigenvalue weighted by molar-refractivity contribution is 0.0694. The first-order valence-corrected chi connectivity index (χ1v) is 6.10. The molecule has 0 aliphatic heterocycles. The van der Waals surface area contributed by atoms with Crippen molar-refractivity contribution < 1.29 is 18.7 Å². The van der Waals surface area contributed by atoms with Gasteiger partial charge in [0.2, 0.25) is 5.43 Å². The minimum absolute atomic E-state index is 0.0686. The van der Waals surface area contributed by atoms with E-state index in [4.69, 9.17) is 10.4 Å². The normalized spacial score (nSPS) is 20.2. The Morgan fingerprint density at radius 1 is 1.48 bits per heavy atom. The van der Waals surface area contributed by atoms with Crippen LogP contribution in [0.4, 0.5) is 8.78 Å². The van der Waals surface area contributed by atoms with Crippen molar-refractivity contribution in [2.75, 3.05) is 0 Å². The number of carbonyl (C=O) groups is 1. The maximum Gasteiger partial charge on any atom is 0.341 e. The third-order valence-electron chi connectivity index (χ3n) is 3.48. The van der Waals surface area contributed by atoms with Gasteiger partial charge in [-0.25, -0.2) is 13.6 Å². The van der Waals surface area contributed by atoms with Crippen LogP contribution in [0, 0.1) is 17.1 Å². The SMILES string of the molecule is N#Cc1cc(F)cc2c(=O)c(C(=O)O)cn(C3CC3F)c12. The highest BCUT2D eigenvalue weighted by Crippen LogP contribution is 2.41. The second kappa shape index (κ2) is 4.38. The molecule has 0 spiro atoms. The van der Waals surface area contributed by atoms with Gasteiger partial charge in [0.25, 0.3) is 0 Å². The fraction of sp³-hybridized carbons (Fsp3) is 0.214. The van der Waals surface area contributed by atoms with Crippen LogP contribution in [0.25, 0.3) is 10.9 Å². The monoisotopic (exact) mass is 290 g/mol. The number of halogens is 2. The number of fused-ring (bicyclic) bond motifs is 1. The van der Waals surface area contributed by atoms with E-state index < -0.39 is 35.0 Å². The van der Waals surface area contributed by atoms with Gasteiger partial charge < -0.3 is 9.67 Å². The van der Waals surface area contributed by atoms with Gasteiger partial charge in [-0.05, 0) is 12.1 Å². The summed E-state index contributed by atoms with van der Waals surface area (Å²) in [7, 11) is 0. The van der Waals surface area contributed by atoms with Crippen LogP contribution in [0.2, 0.25) is 0 Å². The van der Waals surface area contributed by atoms with Crippen LogP contribution < -0.4 is 5.43 Å². The first-order valence-electron chi connectivity index (χ1n) is 6.10. The van der Waals surface area contributed by atoms with E-state index in [0.717, 1.165) is 18.3 Å². The molecule has 2 aromatic rings. The fourth-order valence-electron chi connectivity index (χ4n) is 2.40. The number of pyridine rings is 1. The summed E-state index contributed by atoms with van der Waals surface area (Å²) in [6.45, 7) is 0. The molecule has 1 aliphatic carbocycles. The molecule has 0 radical (unpaired) electrons. The van der Waals surface area contributed by atoms with E-state index in [1.807, 2.05) is 0 Å². The van der Waals surface area contributed by atoms with Crippen LogP contribution in [-0.4, -0.2) is 21.8 Å². The lowest BCUT2D eigenvalue weighted by Gasteiger charge is -2.12. The first kappa shape index (κ1) is 13.2. The quantitative estimate of drug-likeness (QED) is 0.916. The van der Waals surface area contributed by atoms with Crippen molar-refractivity contribution >= 4 is 16.9 Å². The lowest BCUT2D eigenvalue weighted by atomic mass is 10.1. The predicted molar refractivity (Wildman–Crippen MR) is 68.4 cm³/mol. The van der Waals surface area contributed by atoms with Gasteiger partial charge in [0.15, 0.2) is 0 Å². The van der Waals surface area contributed by atoms with Crippen LogP contribution in [0.15, 0.2) is 23.1 Å². The molecule has 1 heterocycles. The number of nitrogens with zero attached hydrogens (tertiary/aromatic N) is 2. The molecule has 1 aromatic carbocycles. The highest BCUT2D eigenvalue weighted by Gasteiger charge is 2.40. The Balaban J connectivity index is 2.49. The molecule has 1 fully saturated rings. The number of carboxylic acids is 1. The number of rotatable bonds is 2. The zero-order valence-electron chi connectivity index (χ0n) is 10.5. The number of aromatic nitrogens is 1. The molecule has 0 amide bonds. The Hall–Kier alpha value is -2.75. The van der Waals surface area contributed by atoms with Crippen molar-refractivity contribution in [3.05, 3.63) is 45.5 Å². The topological polar surface area (TPSA) is 83.1 Å². The van der Waals surface area contributed by atoms with E-state index in [2.05, 4.69) is 0 Å². The number of nitriles is 1. The number of aromatic carboxylic acids is 1. The Bertz CT molecular complexity index is 882. The standard InChI is InChI=1S/C14H8F2N2O3/c15-7-1-6(4-17)12-8(2-7)13(19)9(14(20)21)5-18(12)11-3-10(11)16/h1-2,5,10-11H,3H2,(H,20,21). The second-order valence-corrected chi connectivity index (χ2v) is 4.86. The van der Waals surface area contributed by atoms with Crippen molar-refractivity contribution in [2.24, 2.45) is 0 Å². The molecule has 5 nitrogen and oxygen atoms in total. The zero-order chi connectivity index (χ0) is 15.3. The van der Waals surface area contributed by atoms with E-state index in [-0.39, 0.29) is 22.9 Å². The molecule has 2 unspecified atom stereocenters. The highest BCUT2D eigenvalue weighted by atomic mass is 19.1. The van der Waals surface area contributed by atoms with Gasteiger partial charge in [0.1, 0.15) is 23.6 Å². The maximum absolute atomic E-state index is 13.5. The average Bonchev–Trinajstić information content (AvgIpc) is 3.15. The Morgan fingerprint density at radius 3 is 2.67 bits per heavy atom. The summed E-state index contributed by atoms with van der Waals surface area (Å²) in [6.07, 6.45) is 0.0175. The number of benzene rings is 1. The van der Waals surface area contributed by atoms with E-state index >= 15 is 0 Å². The maximum atomic E-state index is 13.5. The summed E-state index contributed by atoms with van der Waals surface area (Å²) in [5, 5.41) is 17.9. The van der Waals surface area contributed by atoms with Crippen LogP contribution in [0.3, 0.4) is 0 Å². The van der Waals surface area contributed by atoms with Gasteiger partial charge in [0, 0.05) is 12.6 Å². The summed E-state index contributed by atoms with van der Waals surface area (Å²) in [4.78, 5) is 23.2. The summed E-state index contributed by atoms with van der Waals surface area (Å²) in [6, 6.07) is 2.93. The lowest BCUT2D eigenvalue weighted by Crippen LogP contribution is -2.19. The number of carboxylic acid groups (broad SMARTS) is 1. The van der Waals surface area contributed by atoms with Crippen molar-refractivity contribution in [2.45, 2.75) is 18.6 Å². The molecule has 106 valence electrons. The Labute approximate surface area is 116 Å². The molecule has 0 saturated heterocycles. The molecular formula is C14H8F2N2O3. The molecule has 1 N–H and O–H groups in total. The molecule has 1 aliphatic rings. The smallest absolute Gasteiger partial charge is 0.341 e. The van der Waals surface area contributed by atoms with Gasteiger partial charge in [-0.2, -0.15) is 5.26 Å². The van der Waals surface area contributed by atoms with Crippen LogP contribution in [-0.2, 0) is 0 Å². The van der Waals surface area contributed by atoms with Crippen LogP contribution in [0.1, 0.15) is 28.4 Å². The molecular weight excluding hydrogens is 282 g/mol. The van der Waals surface area contributed by atoms with E-state index in [1.165, 1.54) is 4.57 Å². The third kappa shape index (κ3) is 1.96. The van der Waals surface area contributed by atoms with Crippen molar-refractivity contribution in [1.82, 2.24) is 4.57 Å². The summed E-state index contributed by atoms with van der Waals surface area (Å²) in [5.74, 6) is -2.30. The number of hydrogen-bond acceptors (Lipinski definition) is 3. The van der Waals surface area contributed by atoms with Gasteiger partial charge in [-0.1, -0.05) is 0 Å². The van der Waals surface area contributed by atoms with Gasteiger partial charge >= 0.3 is 5.97 Å². The van der Waals surface area contributed by atoms with Crippen molar-refractivity contribution in [3.8, 4) is 6.07 Å². The number of hydrogen-bond donors (Lipinski definition) is 1. The van der Waals surface area contributed by atoms with Crippen LogP contribution >= 0.6 is 0 Å². The average molecular weight is 290 g/mol. The zero-order valence-corrected chi connectivity index (χ0v) is 10.5. The van der Waals surface area contributed by atoms with Gasteiger partial charge in [0.05, 0.1) is 22.5 Å². The number of alkyl halides is 1. The fourth-order valence-corrected chi connectivity index (χ4v) is 2.40. The molecule has 1 aromatic heterocycles. The summed E-state index contributed by atoms with van der Waals surface area (Å²) in [5.41, 5.74) is -1.52. The van der Waals surface area contributed by atoms with Gasteiger partial charge in [-0.15, -0.1) is 0 Å². The third-order valence-corrected chi connectivity index (χ3v) is 3.48. The minimum Gasteiger partial charge on any atom is -0.477 e. The summed E-state index contributed by atoms with van der Waals surface area (Å²) >= 11 is 0. The summed E-state index contributed by atoms with van der Waals surface area (Å²) < 4.78 is 28.1. The second-order valence-electron chi connectivity index (χ2n) is 4.86. The van der Waals surface area contributed by atoms with Gasteiger partial charge in [-0.3, -0.25) is 4.79 Å². The van der Waals surface area contributed by atoms with Crippen molar-refractivity contribution in [3.63, 3.8) is 0 Å². The Morgan fingerprint density at radius 2 is 2.14 bits per heavy atom. The molecule has 7 heteroatoms. The van der Waals surface area contributed by atoms with E-state index in [0.29, 0.717) is 0 Å². The van der Waals surface area contributed by atoms with E-state index in [1.54, 1.807) is 6.07 Å². The molecule has 21 heavy (non-hydrogen) atoms. The first-order chi connectivity index (χ1) is 9.93. The van der Waals surface area contributed by atoms with Crippen LogP contribution in [0.5, 0.6) is 0 Å². The molecule has 0 bridgehead atoms. The molecule has 1 saturated carbocycles. The highest BCUT2D eigenvalue weighted by molar-refractivity contribution is 5.94.